The van der Waals surface area contributed by atoms with Crippen LogP contribution in [0.2, 0.25) is 0 Å². The number of aliphatic hydroxyl groups is 1. The van der Waals surface area contributed by atoms with Crippen LogP contribution in [0.4, 0.5) is 17.1 Å². The van der Waals surface area contributed by atoms with Crippen molar-refractivity contribution in [1.29, 1.82) is 5.41 Å². The second-order valence-electron chi connectivity index (χ2n) is 7.47. The van der Waals surface area contributed by atoms with Gasteiger partial charge in [0.1, 0.15) is 5.84 Å². The fraction of sp³-hybridized carbons (Fsp3) is 0.250. The summed E-state index contributed by atoms with van der Waals surface area (Å²) in [6.45, 7) is 0.356. The second kappa shape index (κ2) is 8.78. The Bertz CT molecular complexity index is 1220. The summed E-state index contributed by atoms with van der Waals surface area (Å²) in [4.78, 5) is 26.9. The number of anilines is 3. The number of nitrogens with two attached hydrogens (primary N) is 1. The SMILES string of the molecule is N=C(N)c1ccc(NC(=O)C(O)[C@H]2OCCN(c3ccc4c(c3)NS(=O)(=O)NC4)C2=O)cc1. The van der Waals surface area contributed by atoms with Crippen molar-refractivity contribution < 1.29 is 27.9 Å². The molecule has 7 N–H and O–H groups in total. The molecule has 2 aromatic carbocycles. The third-order valence-electron chi connectivity index (χ3n) is 5.24. The van der Waals surface area contributed by atoms with E-state index in [0.29, 0.717) is 28.2 Å². The number of rotatable bonds is 5. The van der Waals surface area contributed by atoms with Crippen molar-refractivity contribution >= 4 is 44.9 Å². The lowest BCUT2D eigenvalue weighted by Crippen LogP contribution is -2.55. The van der Waals surface area contributed by atoms with Crippen LogP contribution in [0.3, 0.4) is 0 Å². The van der Waals surface area contributed by atoms with Gasteiger partial charge in [-0.25, -0.2) is 0 Å². The molecule has 0 radical (unpaired) electrons. The van der Waals surface area contributed by atoms with Crippen LogP contribution >= 0.6 is 0 Å². The minimum Gasteiger partial charge on any atom is -0.384 e. The number of nitrogens with zero attached hydrogens (tertiary/aromatic N) is 1. The van der Waals surface area contributed by atoms with E-state index >= 15 is 0 Å². The molecule has 12 nitrogen and oxygen atoms in total. The number of fused-ring (bicyclic) bond motifs is 1. The van der Waals surface area contributed by atoms with E-state index in [9.17, 15) is 23.1 Å². The summed E-state index contributed by atoms with van der Waals surface area (Å²) in [7, 11) is -3.67. The van der Waals surface area contributed by atoms with Gasteiger partial charge in [0.05, 0.1) is 12.3 Å². The molecule has 33 heavy (non-hydrogen) atoms. The van der Waals surface area contributed by atoms with Crippen molar-refractivity contribution in [3.8, 4) is 0 Å². The van der Waals surface area contributed by atoms with Crippen LogP contribution in [-0.4, -0.2) is 56.5 Å². The zero-order valence-corrected chi connectivity index (χ0v) is 18.1. The highest BCUT2D eigenvalue weighted by molar-refractivity contribution is 7.90. The van der Waals surface area contributed by atoms with E-state index in [-0.39, 0.29) is 25.5 Å². The normalized spacial score (nSPS) is 20.3. The number of ether oxygens (including phenoxy) is 1. The predicted molar refractivity (Wildman–Crippen MR) is 120 cm³/mol. The van der Waals surface area contributed by atoms with Gasteiger partial charge in [-0.3, -0.25) is 19.7 Å². The molecule has 1 saturated heterocycles. The summed E-state index contributed by atoms with van der Waals surface area (Å²) in [5, 5.41) is 20.4. The lowest BCUT2D eigenvalue weighted by molar-refractivity contribution is -0.150. The van der Waals surface area contributed by atoms with E-state index in [1.807, 2.05) is 0 Å². The van der Waals surface area contributed by atoms with Crippen molar-refractivity contribution in [2.45, 2.75) is 18.8 Å². The maximum Gasteiger partial charge on any atom is 0.299 e. The molecule has 0 saturated carbocycles. The fourth-order valence-corrected chi connectivity index (χ4v) is 4.41. The molecule has 174 valence electrons. The van der Waals surface area contributed by atoms with Crippen LogP contribution in [0.5, 0.6) is 0 Å². The maximum absolute atomic E-state index is 13.0. The van der Waals surface area contributed by atoms with Crippen LogP contribution in [0.15, 0.2) is 42.5 Å². The minimum atomic E-state index is -3.67. The second-order valence-corrected chi connectivity index (χ2v) is 8.97. The molecule has 2 aliphatic heterocycles. The maximum atomic E-state index is 13.0. The van der Waals surface area contributed by atoms with Crippen LogP contribution in [0.25, 0.3) is 0 Å². The van der Waals surface area contributed by atoms with Crippen molar-refractivity contribution in [2.24, 2.45) is 5.73 Å². The Labute approximate surface area is 189 Å². The molecule has 2 heterocycles. The molecule has 2 aromatic rings. The molecule has 2 atom stereocenters. The van der Waals surface area contributed by atoms with Crippen LogP contribution in [0.1, 0.15) is 11.1 Å². The van der Waals surface area contributed by atoms with Gasteiger partial charge in [0.25, 0.3) is 22.0 Å². The Morgan fingerprint density at radius 3 is 2.70 bits per heavy atom. The Kier molecular flexibility index (Phi) is 6.03. The molecule has 1 fully saturated rings. The van der Waals surface area contributed by atoms with Gasteiger partial charge in [0.15, 0.2) is 12.2 Å². The average Bonchev–Trinajstić information content (AvgIpc) is 2.78. The molecule has 2 aliphatic rings. The summed E-state index contributed by atoms with van der Waals surface area (Å²) >= 11 is 0. The summed E-state index contributed by atoms with van der Waals surface area (Å²) in [5.74, 6) is -1.59. The number of nitrogen functional groups attached to an aromatic ring is 1. The number of morpholine rings is 1. The highest BCUT2D eigenvalue weighted by atomic mass is 32.2. The number of benzene rings is 2. The third-order valence-corrected chi connectivity index (χ3v) is 6.26. The molecule has 1 unspecified atom stereocenters. The molecular weight excluding hydrogens is 452 g/mol. The highest BCUT2D eigenvalue weighted by Crippen LogP contribution is 2.29. The predicted octanol–water partition coefficient (Wildman–Crippen LogP) is -0.538. The average molecular weight is 474 g/mol. The number of amides is 2. The number of amidine groups is 1. The molecule has 4 rings (SSSR count). The molecule has 13 heteroatoms. The summed E-state index contributed by atoms with van der Waals surface area (Å²) in [5.41, 5.74) is 7.67. The first-order chi connectivity index (χ1) is 15.6. The molecular formula is C20H22N6O6S. The lowest BCUT2D eigenvalue weighted by Gasteiger charge is -2.34. The molecule has 2 amide bonds. The van der Waals surface area contributed by atoms with Crippen molar-refractivity contribution in [3.63, 3.8) is 0 Å². The first-order valence-electron chi connectivity index (χ1n) is 9.91. The highest BCUT2D eigenvalue weighted by Gasteiger charge is 2.39. The van der Waals surface area contributed by atoms with Gasteiger partial charge in [0.2, 0.25) is 0 Å². The Balaban J connectivity index is 1.48. The first kappa shape index (κ1) is 22.7. The quantitative estimate of drug-likeness (QED) is 0.248. The van der Waals surface area contributed by atoms with Gasteiger partial charge < -0.3 is 25.8 Å². The van der Waals surface area contributed by atoms with Gasteiger partial charge >= 0.3 is 0 Å². The van der Waals surface area contributed by atoms with E-state index < -0.39 is 34.2 Å². The van der Waals surface area contributed by atoms with Crippen LogP contribution in [0, 0.1) is 5.41 Å². The number of nitrogens with one attached hydrogen (secondary N) is 4. The number of hydrogen-bond acceptors (Lipinski definition) is 7. The van der Waals surface area contributed by atoms with Crippen LogP contribution in [-0.2, 0) is 31.1 Å². The number of aliphatic hydroxyl groups excluding tert-OH is 1. The van der Waals surface area contributed by atoms with Crippen molar-refractivity contribution in [3.05, 3.63) is 53.6 Å². The standard InChI is InChI=1S/C20H22N6O6S/c21-18(22)11-1-4-13(5-2-11)24-19(28)16(27)17-20(29)26(7-8-32-17)14-6-3-12-10-23-33(30,31)25-15(12)9-14/h1-6,9,16-17,23,25,27H,7-8,10H2,(H3,21,22)(H,24,28)/t16?,17-/m1/s1. The zero-order chi connectivity index (χ0) is 23.8. The molecule has 0 bridgehead atoms. The first-order valence-corrected chi connectivity index (χ1v) is 11.4. The molecule has 0 spiro atoms. The van der Waals surface area contributed by atoms with Gasteiger partial charge in [-0.1, -0.05) is 6.07 Å². The van der Waals surface area contributed by atoms with Crippen molar-refractivity contribution in [1.82, 2.24) is 4.72 Å². The third kappa shape index (κ3) is 4.80. The smallest absolute Gasteiger partial charge is 0.299 e. The van der Waals surface area contributed by atoms with Gasteiger partial charge in [-0.15, -0.1) is 0 Å². The van der Waals surface area contributed by atoms with E-state index in [2.05, 4.69) is 14.8 Å². The van der Waals surface area contributed by atoms with E-state index in [4.69, 9.17) is 15.9 Å². The largest absolute Gasteiger partial charge is 0.384 e. The number of hydrogen-bond donors (Lipinski definition) is 6. The zero-order valence-electron chi connectivity index (χ0n) is 17.2. The summed E-state index contributed by atoms with van der Waals surface area (Å²) in [6, 6.07) is 11.0. The van der Waals surface area contributed by atoms with Gasteiger partial charge in [-0.05, 0) is 42.0 Å². The summed E-state index contributed by atoms with van der Waals surface area (Å²) < 4.78 is 33.7. The minimum absolute atomic E-state index is 0.0679. The van der Waals surface area contributed by atoms with Gasteiger partial charge in [-0.2, -0.15) is 13.1 Å². The van der Waals surface area contributed by atoms with E-state index in [1.165, 1.54) is 35.2 Å². The Morgan fingerprint density at radius 1 is 1.27 bits per heavy atom. The number of carbonyl (C=O) groups is 2. The Hall–Kier alpha value is -3.52. The lowest BCUT2D eigenvalue weighted by atomic mass is 10.1. The van der Waals surface area contributed by atoms with E-state index in [1.54, 1.807) is 12.1 Å². The fourth-order valence-electron chi connectivity index (χ4n) is 3.51. The molecule has 0 aliphatic carbocycles. The Morgan fingerprint density at radius 2 is 2.00 bits per heavy atom. The molecule has 0 aromatic heterocycles. The van der Waals surface area contributed by atoms with Crippen LogP contribution < -0.4 is 25.4 Å². The van der Waals surface area contributed by atoms with Crippen molar-refractivity contribution in [2.75, 3.05) is 28.1 Å². The summed E-state index contributed by atoms with van der Waals surface area (Å²) in [6.07, 6.45) is -3.22. The monoisotopic (exact) mass is 474 g/mol. The topological polar surface area (TPSA) is 187 Å². The van der Waals surface area contributed by atoms with Gasteiger partial charge in [0, 0.05) is 30.0 Å². The van der Waals surface area contributed by atoms with E-state index in [0.717, 1.165) is 0 Å². The number of carbonyl (C=O) groups excluding carboxylic acids is 2.